The number of nitrogens with one attached hydrogen (secondary N) is 1. The average molecular weight is 345 g/mol. The molecule has 2 aromatic carbocycles. The summed E-state index contributed by atoms with van der Waals surface area (Å²) in [7, 11) is 1.89. The summed E-state index contributed by atoms with van der Waals surface area (Å²) in [5, 5.41) is 12.8. The number of benzene rings is 2. The highest BCUT2D eigenvalue weighted by Gasteiger charge is 2.02. The van der Waals surface area contributed by atoms with E-state index in [1.54, 1.807) is 0 Å². The maximum atomic E-state index is 12.8. The zero-order valence-electron chi connectivity index (χ0n) is 13.9. The zero-order valence-corrected chi connectivity index (χ0v) is 13.9. The van der Waals surface area contributed by atoms with Gasteiger partial charge < -0.3 is 14.7 Å². The van der Waals surface area contributed by atoms with Crippen LogP contribution in [0, 0.1) is 5.82 Å². The van der Waals surface area contributed by atoms with Crippen LogP contribution in [0.25, 0.3) is 0 Å². The molecule has 2 N–H and O–H groups in total. The Morgan fingerprint density at radius 1 is 1.24 bits per heavy atom. The Labute approximate surface area is 145 Å². The highest BCUT2D eigenvalue weighted by atomic mass is 19.1. The molecule has 0 saturated carbocycles. The maximum Gasteiger partial charge on any atom is 0.277 e. The number of hydrogen-bond donors (Lipinski definition) is 2. The van der Waals surface area contributed by atoms with Gasteiger partial charge in [-0.3, -0.25) is 4.79 Å². The quantitative estimate of drug-likeness (QED) is 0.565. The van der Waals surface area contributed by atoms with Crippen molar-refractivity contribution in [1.29, 1.82) is 0 Å². The molecule has 25 heavy (non-hydrogen) atoms. The van der Waals surface area contributed by atoms with Gasteiger partial charge >= 0.3 is 0 Å². The minimum absolute atomic E-state index is 0.0890. The van der Waals surface area contributed by atoms with E-state index in [2.05, 4.69) is 10.5 Å². The first-order valence-electron chi connectivity index (χ1n) is 7.71. The Morgan fingerprint density at radius 3 is 2.56 bits per heavy atom. The molecule has 0 fully saturated rings. The van der Waals surface area contributed by atoms with E-state index in [0.29, 0.717) is 12.3 Å². The Morgan fingerprint density at radius 2 is 1.92 bits per heavy atom. The van der Waals surface area contributed by atoms with Gasteiger partial charge in [-0.05, 0) is 42.0 Å². The fourth-order valence-electron chi connectivity index (χ4n) is 1.98. The first kappa shape index (κ1) is 18.4. The predicted molar refractivity (Wildman–Crippen MR) is 94.4 cm³/mol. The third-order valence-electron chi connectivity index (χ3n) is 3.36. The number of hydrazone groups is 1. The van der Waals surface area contributed by atoms with Gasteiger partial charge in [-0.1, -0.05) is 12.1 Å². The van der Waals surface area contributed by atoms with Gasteiger partial charge in [-0.15, -0.1) is 0 Å². The lowest BCUT2D eigenvalue weighted by molar-refractivity contribution is -0.123. The van der Waals surface area contributed by atoms with Crippen molar-refractivity contribution in [3.05, 3.63) is 59.9 Å². The molecule has 2 rings (SSSR count). The summed E-state index contributed by atoms with van der Waals surface area (Å²) in [6.07, 6.45) is 1.52. The summed E-state index contributed by atoms with van der Waals surface area (Å²) < 4.78 is 18.0. The molecule has 0 atom stereocenters. The number of halogens is 1. The van der Waals surface area contributed by atoms with E-state index >= 15 is 0 Å². The molecule has 2 aromatic rings. The van der Waals surface area contributed by atoms with Crippen LogP contribution in [0.4, 0.5) is 10.1 Å². The largest absolute Gasteiger partial charge is 0.484 e. The van der Waals surface area contributed by atoms with Gasteiger partial charge in [0.2, 0.25) is 0 Å². The molecule has 0 spiro atoms. The van der Waals surface area contributed by atoms with E-state index in [1.165, 1.54) is 30.5 Å². The van der Waals surface area contributed by atoms with Crippen LogP contribution in [-0.2, 0) is 4.79 Å². The first-order chi connectivity index (χ1) is 12.1. The van der Waals surface area contributed by atoms with Crippen LogP contribution in [-0.4, -0.2) is 44.0 Å². The molecule has 0 aromatic heterocycles. The lowest BCUT2D eigenvalue weighted by Gasteiger charge is -2.17. The molecule has 0 unspecified atom stereocenters. The van der Waals surface area contributed by atoms with Crippen LogP contribution in [0.15, 0.2) is 53.6 Å². The van der Waals surface area contributed by atoms with Crippen LogP contribution in [0.3, 0.4) is 0 Å². The monoisotopic (exact) mass is 345 g/mol. The number of carbonyl (C=O) groups is 1. The highest BCUT2D eigenvalue weighted by molar-refractivity contribution is 5.83. The second kappa shape index (κ2) is 9.39. The highest BCUT2D eigenvalue weighted by Crippen LogP contribution is 2.12. The number of nitrogens with zero attached hydrogens (tertiary/aromatic N) is 2. The van der Waals surface area contributed by atoms with Crippen molar-refractivity contribution in [2.45, 2.75) is 0 Å². The van der Waals surface area contributed by atoms with Crippen LogP contribution in [0.1, 0.15) is 5.56 Å². The zero-order chi connectivity index (χ0) is 18.1. The summed E-state index contributed by atoms with van der Waals surface area (Å²) >= 11 is 0. The van der Waals surface area contributed by atoms with Crippen molar-refractivity contribution in [3.8, 4) is 5.75 Å². The van der Waals surface area contributed by atoms with E-state index < -0.39 is 5.91 Å². The Balaban J connectivity index is 1.77. The normalized spacial score (nSPS) is 10.7. The van der Waals surface area contributed by atoms with Gasteiger partial charge in [0.05, 0.1) is 12.8 Å². The van der Waals surface area contributed by atoms with E-state index in [0.717, 1.165) is 11.3 Å². The van der Waals surface area contributed by atoms with Crippen molar-refractivity contribution < 1.29 is 19.0 Å². The van der Waals surface area contributed by atoms with E-state index in [4.69, 9.17) is 9.84 Å². The maximum absolute atomic E-state index is 12.8. The average Bonchev–Trinajstić information content (AvgIpc) is 2.62. The van der Waals surface area contributed by atoms with Gasteiger partial charge in [-0.2, -0.15) is 5.10 Å². The SMILES string of the molecule is CN(CCO)c1ccc(/C=N/NC(=O)COc2ccc(F)cc2)cc1. The van der Waals surface area contributed by atoms with Gasteiger partial charge in [0, 0.05) is 19.3 Å². The van der Waals surface area contributed by atoms with Crippen LogP contribution in [0.5, 0.6) is 5.75 Å². The minimum atomic E-state index is -0.417. The van der Waals surface area contributed by atoms with E-state index in [9.17, 15) is 9.18 Å². The van der Waals surface area contributed by atoms with Crippen molar-refractivity contribution in [2.75, 3.05) is 31.7 Å². The summed E-state index contributed by atoms with van der Waals surface area (Å²) in [6, 6.07) is 12.9. The molecule has 132 valence electrons. The molecule has 6 nitrogen and oxygen atoms in total. The lowest BCUT2D eigenvalue weighted by atomic mass is 10.2. The predicted octanol–water partition coefficient (Wildman–Crippen LogP) is 1.78. The first-order valence-corrected chi connectivity index (χ1v) is 7.71. The summed E-state index contributed by atoms with van der Waals surface area (Å²) in [6.45, 7) is 0.428. The van der Waals surface area contributed by atoms with Gasteiger partial charge in [0.15, 0.2) is 6.61 Å². The number of rotatable bonds is 8. The number of amides is 1. The number of ether oxygens (including phenoxy) is 1. The third kappa shape index (κ3) is 6.23. The molecule has 0 radical (unpaired) electrons. The number of carbonyl (C=O) groups excluding carboxylic acids is 1. The molecule has 0 heterocycles. The summed E-state index contributed by atoms with van der Waals surface area (Å²) in [4.78, 5) is 13.6. The van der Waals surface area contributed by atoms with Crippen molar-refractivity contribution in [3.63, 3.8) is 0 Å². The number of hydrogen-bond acceptors (Lipinski definition) is 5. The number of aliphatic hydroxyl groups excluding tert-OH is 1. The number of anilines is 1. The topological polar surface area (TPSA) is 74.2 Å². The van der Waals surface area contributed by atoms with Crippen molar-refractivity contribution >= 4 is 17.8 Å². The molecule has 0 aliphatic rings. The fourth-order valence-corrected chi connectivity index (χ4v) is 1.98. The van der Waals surface area contributed by atoms with Crippen molar-refractivity contribution in [2.24, 2.45) is 5.10 Å². The molecule has 7 heteroatoms. The molecular formula is C18H20FN3O3. The Kier molecular flexibility index (Phi) is 6.91. The Hall–Kier alpha value is -2.93. The second-order valence-electron chi connectivity index (χ2n) is 5.27. The van der Waals surface area contributed by atoms with E-state index in [-0.39, 0.29) is 19.0 Å². The lowest BCUT2D eigenvalue weighted by Crippen LogP contribution is -2.24. The van der Waals surface area contributed by atoms with Crippen LogP contribution >= 0.6 is 0 Å². The smallest absolute Gasteiger partial charge is 0.277 e. The molecule has 1 amide bonds. The number of likely N-dealkylation sites (N-methyl/N-ethyl adjacent to an activating group) is 1. The molecule has 0 saturated heterocycles. The minimum Gasteiger partial charge on any atom is -0.484 e. The van der Waals surface area contributed by atoms with E-state index in [1.807, 2.05) is 36.2 Å². The molecule has 0 bridgehead atoms. The summed E-state index contributed by atoms with van der Waals surface area (Å²) in [5.41, 5.74) is 4.15. The van der Waals surface area contributed by atoms with Crippen LogP contribution < -0.4 is 15.1 Å². The fraction of sp³-hybridized carbons (Fsp3) is 0.222. The van der Waals surface area contributed by atoms with Gasteiger partial charge in [-0.25, -0.2) is 9.82 Å². The van der Waals surface area contributed by atoms with Gasteiger partial charge in [0.1, 0.15) is 11.6 Å². The van der Waals surface area contributed by atoms with Gasteiger partial charge in [0.25, 0.3) is 5.91 Å². The molecule has 0 aliphatic heterocycles. The molecular weight excluding hydrogens is 325 g/mol. The summed E-state index contributed by atoms with van der Waals surface area (Å²) in [5.74, 6) is -0.377. The standard InChI is InChI=1S/C18H20FN3O3/c1-22(10-11-23)16-6-2-14(3-7-16)12-20-21-18(24)13-25-17-8-4-15(19)5-9-17/h2-9,12,23H,10-11,13H2,1H3,(H,21,24)/b20-12+. The second-order valence-corrected chi connectivity index (χ2v) is 5.27. The third-order valence-corrected chi connectivity index (χ3v) is 3.36. The van der Waals surface area contributed by atoms with Crippen LogP contribution in [0.2, 0.25) is 0 Å². The molecule has 0 aliphatic carbocycles. The number of aliphatic hydroxyl groups is 1. The Bertz CT molecular complexity index is 703. The van der Waals surface area contributed by atoms with Crippen molar-refractivity contribution in [1.82, 2.24) is 5.43 Å².